The fourth-order valence-corrected chi connectivity index (χ4v) is 7.88. The molecule has 0 spiro atoms. The molecule has 7 atom stereocenters. The van der Waals surface area contributed by atoms with Crippen LogP contribution in [0.2, 0.25) is 0 Å². The molecule has 0 amide bonds. The molecule has 1 aromatic carbocycles. The van der Waals surface area contributed by atoms with Crippen LogP contribution in [-0.2, 0) is 14.3 Å². The van der Waals surface area contributed by atoms with Gasteiger partial charge in [0.15, 0.2) is 0 Å². The molecule has 0 aromatic heterocycles. The van der Waals surface area contributed by atoms with E-state index in [2.05, 4.69) is 19.9 Å². The smallest absolute Gasteiger partial charge is 0.338 e. The first-order valence-corrected chi connectivity index (χ1v) is 12.4. The molecule has 4 aliphatic rings. The molecule has 4 nitrogen and oxygen atoms in total. The summed E-state index contributed by atoms with van der Waals surface area (Å²) >= 11 is 0. The predicted octanol–water partition coefficient (Wildman–Crippen LogP) is 6.11. The Hall–Kier alpha value is -2.10. The largest absolute Gasteiger partial charge is 0.462 e. The highest BCUT2D eigenvalue weighted by atomic mass is 16.5. The Bertz CT molecular complexity index is 921. The third-order valence-corrected chi connectivity index (χ3v) is 9.56. The Morgan fingerprint density at radius 1 is 0.938 bits per heavy atom. The van der Waals surface area contributed by atoms with Gasteiger partial charge in [-0.15, -0.1) is 0 Å². The summed E-state index contributed by atoms with van der Waals surface area (Å²) in [6.45, 7) is 6.36. The second kappa shape index (κ2) is 8.04. The monoisotopic (exact) mass is 436 g/mol. The van der Waals surface area contributed by atoms with Crippen molar-refractivity contribution < 1.29 is 19.1 Å². The zero-order valence-corrected chi connectivity index (χ0v) is 19.6. The summed E-state index contributed by atoms with van der Waals surface area (Å²) < 4.78 is 11.7. The third kappa shape index (κ3) is 3.50. The molecule has 0 N–H and O–H groups in total. The van der Waals surface area contributed by atoms with E-state index in [0.29, 0.717) is 23.3 Å². The van der Waals surface area contributed by atoms with Gasteiger partial charge in [-0.05, 0) is 80.2 Å². The molecule has 0 bridgehead atoms. The van der Waals surface area contributed by atoms with Crippen LogP contribution >= 0.6 is 0 Å². The molecule has 172 valence electrons. The lowest BCUT2D eigenvalue weighted by molar-refractivity contribution is -0.148. The molecule has 0 heterocycles. The fraction of sp³-hybridized carbons (Fsp3) is 0.643. The predicted molar refractivity (Wildman–Crippen MR) is 123 cm³/mol. The summed E-state index contributed by atoms with van der Waals surface area (Å²) in [6.07, 6.45) is 11.1. The van der Waals surface area contributed by atoms with Gasteiger partial charge in [-0.1, -0.05) is 43.7 Å². The van der Waals surface area contributed by atoms with Crippen LogP contribution in [0.25, 0.3) is 0 Å². The number of hydrogen-bond donors (Lipinski definition) is 0. The number of carbonyl (C=O) groups is 2. The summed E-state index contributed by atoms with van der Waals surface area (Å²) in [7, 11) is 0. The van der Waals surface area contributed by atoms with Gasteiger partial charge >= 0.3 is 11.9 Å². The molecule has 0 radical (unpaired) electrons. The van der Waals surface area contributed by atoms with Crippen molar-refractivity contribution in [2.24, 2.45) is 28.6 Å². The fourth-order valence-electron chi connectivity index (χ4n) is 7.88. The van der Waals surface area contributed by atoms with E-state index in [1.54, 1.807) is 0 Å². The number of rotatable bonds is 3. The minimum absolute atomic E-state index is 0.0130. The zero-order chi connectivity index (χ0) is 22.5. The molecular weight excluding hydrogens is 400 g/mol. The van der Waals surface area contributed by atoms with Crippen LogP contribution in [0.5, 0.6) is 0 Å². The van der Waals surface area contributed by atoms with E-state index in [9.17, 15) is 9.59 Å². The highest BCUT2D eigenvalue weighted by molar-refractivity contribution is 5.89. The number of allylic oxidation sites excluding steroid dienone is 1. The first kappa shape index (κ1) is 21.7. The quantitative estimate of drug-likeness (QED) is 0.424. The van der Waals surface area contributed by atoms with Crippen molar-refractivity contribution >= 4 is 11.9 Å². The maximum atomic E-state index is 12.8. The van der Waals surface area contributed by atoms with Crippen LogP contribution in [0.3, 0.4) is 0 Å². The topological polar surface area (TPSA) is 52.6 Å². The van der Waals surface area contributed by atoms with Crippen LogP contribution in [0.1, 0.15) is 82.5 Å². The maximum Gasteiger partial charge on any atom is 0.338 e. The van der Waals surface area contributed by atoms with E-state index in [1.165, 1.54) is 18.9 Å². The van der Waals surface area contributed by atoms with Crippen molar-refractivity contribution in [2.75, 3.05) is 0 Å². The number of carbonyl (C=O) groups excluding carboxylic acids is 2. The van der Waals surface area contributed by atoms with Gasteiger partial charge in [0.25, 0.3) is 0 Å². The number of fused-ring (bicyclic) bond motifs is 5. The Labute approximate surface area is 191 Å². The molecule has 0 unspecified atom stereocenters. The third-order valence-electron chi connectivity index (χ3n) is 9.56. The van der Waals surface area contributed by atoms with Gasteiger partial charge in [0.1, 0.15) is 12.2 Å². The Balaban J connectivity index is 1.33. The summed E-state index contributed by atoms with van der Waals surface area (Å²) in [5, 5.41) is 0. The average Bonchev–Trinajstić information content (AvgIpc) is 3.10. The average molecular weight is 437 g/mol. The molecule has 4 aliphatic carbocycles. The Morgan fingerprint density at radius 2 is 1.72 bits per heavy atom. The minimum Gasteiger partial charge on any atom is -0.462 e. The van der Waals surface area contributed by atoms with Gasteiger partial charge in [-0.2, -0.15) is 0 Å². The number of ether oxygens (including phenoxy) is 2. The van der Waals surface area contributed by atoms with E-state index < -0.39 is 0 Å². The van der Waals surface area contributed by atoms with Gasteiger partial charge in [0, 0.05) is 18.8 Å². The lowest BCUT2D eigenvalue weighted by atomic mass is 9.48. The molecule has 32 heavy (non-hydrogen) atoms. The van der Waals surface area contributed by atoms with E-state index in [1.807, 2.05) is 30.3 Å². The molecule has 0 saturated heterocycles. The van der Waals surface area contributed by atoms with E-state index in [-0.39, 0.29) is 35.0 Å². The Kier molecular flexibility index (Phi) is 5.46. The first-order valence-electron chi connectivity index (χ1n) is 12.4. The summed E-state index contributed by atoms with van der Waals surface area (Å²) in [5.74, 6) is 1.61. The van der Waals surface area contributed by atoms with Crippen molar-refractivity contribution in [1.82, 2.24) is 0 Å². The van der Waals surface area contributed by atoms with Gasteiger partial charge in [0.05, 0.1) is 5.56 Å². The molecule has 3 saturated carbocycles. The van der Waals surface area contributed by atoms with Crippen LogP contribution < -0.4 is 0 Å². The highest BCUT2D eigenvalue weighted by Gasteiger charge is 2.59. The van der Waals surface area contributed by atoms with Crippen LogP contribution in [0.4, 0.5) is 0 Å². The van der Waals surface area contributed by atoms with Crippen LogP contribution in [-0.4, -0.2) is 24.1 Å². The lowest BCUT2D eigenvalue weighted by Crippen LogP contribution is -2.51. The summed E-state index contributed by atoms with van der Waals surface area (Å²) in [6, 6.07) is 9.40. The maximum absolute atomic E-state index is 12.8. The second-order valence-electron chi connectivity index (χ2n) is 11.1. The molecule has 5 rings (SSSR count). The SMILES string of the molecule is CC(=O)O[C@@H]1CC[C@]2(C)C(=CC[C@H]3[C@H]4CC[C@H](OC(=O)c5ccccc5)[C@]4(C)CC[C@H]32)C1. The van der Waals surface area contributed by atoms with Crippen molar-refractivity contribution in [3.63, 3.8) is 0 Å². The van der Waals surface area contributed by atoms with E-state index in [0.717, 1.165) is 44.9 Å². The van der Waals surface area contributed by atoms with Gasteiger partial charge in [-0.3, -0.25) is 4.79 Å². The highest BCUT2D eigenvalue weighted by Crippen LogP contribution is 2.65. The van der Waals surface area contributed by atoms with E-state index >= 15 is 0 Å². The molecule has 0 aliphatic heterocycles. The van der Waals surface area contributed by atoms with Crippen molar-refractivity contribution in [1.29, 1.82) is 0 Å². The molecule has 3 fully saturated rings. The van der Waals surface area contributed by atoms with E-state index in [4.69, 9.17) is 9.47 Å². The van der Waals surface area contributed by atoms with Gasteiger partial charge < -0.3 is 9.47 Å². The number of esters is 2. The molecule has 1 aromatic rings. The first-order chi connectivity index (χ1) is 15.3. The van der Waals surface area contributed by atoms with Crippen molar-refractivity contribution in [3.8, 4) is 0 Å². The van der Waals surface area contributed by atoms with Gasteiger partial charge in [0.2, 0.25) is 0 Å². The Morgan fingerprint density at radius 3 is 2.47 bits per heavy atom. The lowest BCUT2D eigenvalue weighted by Gasteiger charge is -2.57. The molecular formula is C28H36O4. The second-order valence-corrected chi connectivity index (χ2v) is 11.1. The number of benzene rings is 1. The van der Waals surface area contributed by atoms with Crippen molar-refractivity contribution in [2.45, 2.75) is 84.3 Å². The normalized spacial score (nSPS) is 40.3. The summed E-state index contributed by atoms with van der Waals surface area (Å²) in [5.41, 5.74) is 2.46. The van der Waals surface area contributed by atoms with Crippen LogP contribution in [0, 0.1) is 28.6 Å². The van der Waals surface area contributed by atoms with Crippen molar-refractivity contribution in [3.05, 3.63) is 47.5 Å². The van der Waals surface area contributed by atoms with Gasteiger partial charge in [-0.25, -0.2) is 4.79 Å². The standard InChI is InChI=1S/C28H36O4/c1-18(29)31-21-13-15-27(2)20(17-21)9-10-22-23-11-12-25(28(23,3)16-14-24(22)27)32-26(30)19-7-5-4-6-8-19/h4-9,21-25H,10-17H2,1-3H3/t21-,22+,23-,24-,25+,27-,28-/m1/s1. The zero-order valence-electron chi connectivity index (χ0n) is 19.6. The number of hydrogen-bond acceptors (Lipinski definition) is 4. The van der Waals surface area contributed by atoms with Crippen LogP contribution in [0.15, 0.2) is 42.0 Å². The minimum atomic E-state index is -0.179. The summed E-state index contributed by atoms with van der Waals surface area (Å²) in [4.78, 5) is 24.2. The molecule has 4 heteroatoms.